The van der Waals surface area contributed by atoms with Crippen LogP contribution in [0.3, 0.4) is 0 Å². The molecule has 230 valence electrons. The van der Waals surface area contributed by atoms with E-state index < -0.39 is 17.5 Å². The molecule has 0 saturated heterocycles. The van der Waals surface area contributed by atoms with E-state index in [1.54, 1.807) is 0 Å². The first kappa shape index (κ1) is 31.5. The van der Waals surface area contributed by atoms with Crippen LogP contribution in [-0.2, 0) is 12.7 Å². The fraction of sp³-hybridized carbons (Fsp3) is 0.257. The van der Waals surface area contributed by atoms with Crippen molar-refractivity contribution in [3.8, 4) is 5.75 Å². The Morgan fingerprint density at radius 3 is 2.68 bits per heavy atom. The lowest BCUT2D eigenvalue weighted by atomic mass is 9.88. The molecule has 5 N–H and O–H groups in total. The predicted molar refractivity (Wildman–Crippen MR) is 176 cm³/mol. The zero-order valence-electron chi connectivity index (χ0n) is 24.5. The van der Waals surface area contributed by atoms with Crippen molar-refractivity contribution < 1.29 is 18.3 Å². The Morgan fingerprint density at radius 1 is 1.07 bits per heavy atom. The van der Waals surface area contributed by atoms with Crippen LogP contribution in [0.5, 0.6) is 5.75 Å². The zero-order chi connectivity index (χ0) is 31.3. The monoisotopic (exact) mass is 664 g/mol. The molecular weight excluding hydrogens is 629 g/mol. The van der Waals surface area contributed by atoms with Crippen molar-refractivity contribution >= 4 is 32.9 Å². The van der Waals surface area contributed by atoms with Gasteiger partial charge in [0.1, 0.15) is 11.6 Å². The summed E-state index contributed by atoms with van der Waals surface area (Å²) in [5, 5.41) is 22.5. The van der Waals surface area contributed by atoms with Crippen LogP contribution in [0, 0.1) is 12.8 Å². The minimum absolute atomic E-state index is 0.174. The maximum Gasteiger partial charge on any atom is 0.418 e. The van der Waals surface area contributed by atoms with Crippen molar-refractivity contribution in [1.82, 2.24) is 10.6 Å². The number of fused-ring (bicyclic) bond motifs is 1. The molecule has 0 amide bonds. The molecule has 3 aromatic carbocycles. The number of nitrogens with one attached hydrogen (secondary N) is 4. The van der Waals surface area contributed by atoms with Crippen LogP contribution in [0.4, 0.5) is 24.5 Å². The van der Waals surface area contributed by atoms with Crippen LogP contribution in [0.25, 0.3) is 5.57 Å². The normalized spacial score (nSPS) is 19.7. The van der Waals surface area contributed by atoms with E-state index in [0.29, 0.717) is 24.2 Å². The number of aryl methyl sites for hydroxylation is 1. The Bertz CT molecular complexity index is 1630. The van der Waals surface area contributed by atoms with Gasteiger partial charge in [0.05, 0.1) is 11.3 Å². The molecule has 0 aromatic heterocycles. The molecule has 1 atom stereocenters. The number of halogens is 4. The van der Waals surface area contributed by atoms with Gasteiger partial charge in [0.25, 0.3) is 0 Å². The number of allylic oxidation sites excluding steroid dienone is 4. The second-order valence-electron chi connectivity index (χ2n) is 11.2. The summed E-state index contributed by atoms with van der Waals surface area (Å²) in [7, 11) is 0. The van der Waals surface area contributed by atoms with Crippen molar-refractivity contribution in [3.05, 3.63) is 129 Å². The van der Waals surface area contributed by atoms with Gasteiger partial charge in [0.15, 0.2) is 0 Å². The third kappa shape index (κ3) is 7.95. The van der Waals surface area contributed by atoms with E-state index in [2.05, 4.69) is 87.1 Å². The standard InChI is InChI=1S/C35H36BrF3N4O/c1-22-7-3-4-11-30(22)25-9-6-12-31-26(20-40-21-33(31)36)17-28(16-25)41-19-24-8-5-10-27(15-24)42-23(2)43-34-14-13-29(44)18-32(34)35(37,38)39/h3-5,7-11,13-16,18,26,40-44H,2,6,12,17,19-21H2,1H3/b25-9-,28-16+. The molecule has 5 rings (SSSR count). The summed E-state index contributed by atoms with van der Waals surface area (Å²) in [6.07, 6.45) is 2.83. The summed E-state index contributed by atoms with van der Waals surface area (Å²) in [6, 6.07) is 19.2. The van der Waals surface area contributed by atoms with Gasteiger partial charge in [0, 0.05) is 35.5 Å². The fourth-order valence-corrected chi connectivity index (χ4v) is 6.45. The number of alkyl halides is 3. The largest absolute Gasteiger partial charge is 0.508 e. The summed E-state index contributed by atoms with van der Waals surface area (Å²) in [4.78, 5) is 0. The van der Waals surface area contributed by atoms with Gasteiger partial charge in [-0.15, -0.1) is 0 Å². The predicted octanol–water partition coefficient (Wildman–Crippen LogP) is 8.82. The molecule has 5 nitrogen and oxygen atoms in total. The van der Waals surface area contributed by atoms with E-state index in [0.717, 1.165) is 43.6 Å². The molecule has 1 aliphatic carbocycles. The minimum atomic E-state index is -4.63. The highest BCUT2D eigenvalue weighted by molar-refractivity contribution is 9.11. The fourth-order valence-electron chi connectivity index (χ4n) is 5.73. The van der Waals surface area contributed by atoms with Crippen LogP contribution in [0.15, 0.2) is 107 Å². The molecule has 1 heterocycles. The Morgan fingerprint density at radius 2 is 1.89 bits per heavy atom. The summed E-state index contributed by atoms with van der Waals surface area (Å²) in [6.45, 7) is 8.35. The van der Waals surface area contributed by atoms with E-state index in [-0.39, 0.29) is 11.5 Å². The van der Waals surface area contributed by atoms with Crippen LogP contribution in [0.2, 0.25) is 0 Å². The van der Waals surface area contributed by atoms with E-state index in [4.69, 9.17) is 0 Å². The average Bonchev–Trinajstić information content (AvgIpc) is 3.06. The highest BCUT2D eigenvalue weighted by Gasteiger charge is 2.34. The Hall–Kier alpha value is -3.95. The second kappa shape index (κ2) is 13.8. The van der Waals surface area contributed by atoms with Crippen molar-refractivity contribution in [1.29, 1.82) is 0 Å². The van der Waals surface area contributed by atoms with Gasteiger partial charge < -0.3 is 26.4 Å². The summed E-state index contributed by atoms with van der Waals surface area (Å²) in [5.41, 5.74) is 6.79. The lowest BCUT2D eigenvalue weighted by Crippen LogP contribution is -2.32. The first-order valence-electron chi connectivity index (χ1n) is 14.6. The van der Waals surface area contributed by atoms with Crippen LogP contribution in [0.1, 0.15) is 41.5 Å². The maximum absolute atomic E-state index is 13.5. The lowest BCUT2D eigenvalue weighted by Gasteiger charge is -2.28. The quantitative estimate of drug-likeness (QED) is 0.156. The molecular formula is C35H36BrF3N4O. The number of hydrogen-bond donors (Lipinski definition) is 5. The summed E-state index contributed by atoms with van der Waals surface area (Å²) in [5.74, 6) is 0.0937. The molecule has 0 spiro atoms. The van der Waals surface area contributed by atoms with Gasteiger partial charge in [-0.1, -0.05) is 70.6 Å². The van der Waals surface area contributed by atoms with Gasteiger partial charge in [0.2, 0.25) is 0 Å². The average molecular weight is 666 g/mol. The molecule has 1 unspecified atom stereocenters. The smallest absolute Gasteiger partial charge is 0.418 e. The third-order valence-corrected chi connectivity index (χ3v) is 8.67. The van der Waals surface area contributed by atoms with Crippen molar-refractivity contribution in [2.75, 3.05) is 23.7 Å². The molecule has 0 bridgehead atoms. The van der Waals surface area contributed by atoms with Gasteiger partial charge in [-0.25, -0.2) is 0 Å². The van der Waals surface area contributed by atoms with Gasteiger partial charge >= 0.3 is 6.18 Å². The van der Waals surface area contributed by atoms with Crippen molar-refractivity contribution in [2.45, 2.75) is 38.9 Å². The highest BCUT2D eigenvalue weighted by Crippen LogP contribution is 2.38. The number of phenolic OH excluding ortho intramolecular Hbond substituents is 1. The summed E-state index contributed by atoms with van der Waals surface area (Å²) >= 11 is 3.82. The third-order valence-electron chi connectivity index (χ3n) is 7.88. The number of hydrogen-bond acceptors (Lipinski definition) is 5. The molecule has 44 heavy (non-hydrogen) atoms. The molecule has 2 aliphatic rings. The Kier molecular flexibility index (Phi) is 9.86. The van der Waals surface area contributed by atoms with E-state index in [1.165, 1.54) is 38.9 Å². The summed E-state index contributed by atoms with van der Waals surface area (Å²) < 4.78 is 41.7. The van der Waals surface area contributed by atoms with E-state index in [1.807, 2.05) is 24.3 Å². The molecule has 3 aromatic rings. The first-order valence-corrected chi connectivity index (χ1v) is 15.4. The number of rotatable bonds is 8. The van der Waals surface area contributed by atoms with Crippen molar-refractivity contribution in [2.24, 2.45) is 5.92 Å². The molecule has 9 heteroatoms. The van der Waals surface area contributed by atoms with Gasteiger partial charge in [-0.05, 0) is 90.8 Å². The molecule has 0 fully saturated rings. The Labute approximate surface area is 264 Å². The van der Waals surface area contributed by atoms with Crippen LogP contribution in [-0.4, -0.2) is 18.2 Å². The van der Waals surface area contributed by atoms with E-state index >= 15 is 0 Å². The maximum atomic E-state index is 13.5. The zero-order valence-corrected chi connectivity index (χ0v) is 26.1. The minimum Gasteiger partial charge on any atom is -0.508 e. The van der Waals surface area contributed by atoms with Gasteiger partial charge in [-0.2, -0.15) is 13.2 Å². The van der Waals surface area contributed by atoms with Crippen LogP contribution >= 0.6 is 15.9 Å². The molecule has 0 saturated carbocycles. The van der Waals surface area contributed by atoms with Gasteiger partial charge in [-0.3, -0.25) is 0 Å². The molecule has 1 aliphatic heterocycles. The first-order chi connectivity index (χ1) is 21.1. The number of phenols is 1. The SMILES string of the molecule is C=C(Nc1cccc(CN/C2=C/C(c3ccccc3C)=C/CCC3=C(Br)CNCC3C2)c1)Nc1ccc(O)cc1C(F)(F)F. The highest BCUT2D eigenvalue weighted by atomic mass is 79.9. The molecule has 0 radical (unpaired) electrons. The number of aromatic hydroxyl groups is 1. The van der Waals surface area contributed by atoms with Crippen molar-refractivity contribution in [3.63, 3.8) is 0 Å². The van der Waals surface area contributed by atoms with Crippen LogP contribution < -0.4 is 21.3 Å². The second-order valence-corrected chi connectivity index (χ2v) is 12.1. The number of benzene rings is 3. The lowest BCUT2D eigenvalue weighted by molar-refractivity contribution is -0.137. The number of anilines is 2. The van der Waals surface area contributed by atoms with E-state index in [9.17, 15) is 18.3 Å². The Balaban J connectivity index is 1.33. The topological polar surface area (TPSA) is 68.3 Å².